The molecule has 0 aliphatic rings. The maximum Gasteiger partial charge on any atom is 0.187 e. The molecule has 102 valence electrons. The highest BCUT2D eigenvalue weighted by Gasteiger charge is 2.03. The number of ketones is 1. The van der Waals surface area contributed by atoms with Crippen molar-refractivity contribution in [1.29, 1.82) is 0 Å². The van der Waals surface area contributed by atoms with Gasteiger partial charge in [-0.25, -0.2) is 4.39 Å². The quantitative estimate of drug-likeness (QED) is 0.666. The first kappa shape index (κ1) is 13.8. The average Bonchev–Trinajstić information content (AvgIpc) is 2.49. The van der Waals surface area contributed by atoms with Crippen molar-refractivity contribution in [2.45, 2.75) is 0 Å². The van der Waals surface area contributed by atoms with Crippen molar-refractivity contribution in [3.63, 3.8) is 0 Å². The minimum absolute atomic E-state index is 0.187. The maximum absolute atomic E-state index is 13.3. The van der Waals surface area contributed by atoms with Gasteiger partial charge in [-0.05, 0) is 24.3 Å². The Morgan fingerprint density at radius 3 is 2.75 bits per heavy atom. The molecule has 20 heavy (non-hydrogen) atoms. The molecule has 0 bridgehead atoms. The molecule has 0 aliphatic carbocycles. The van der Waals surface area contributed by atoms with Crippen molar-refractivity contribution in [3.8, 4) is 5.75 Å². The van der Waals surface area contributed by atoms with Crippen LogP contribution in [-0.4, -0.2) is 12.9 Å². The summed E-state index contributed by atoms with van der Waals surface area (Å²) in [6, 6.07) is 13.1. The van der Waals surface area contributed by atoms with E-state index in [2.05, 4.69) is 5.32 Å². The second-order valence-corrected chi connectivity index (χ2v) is 4.05. The molecule has 0 saturated carbocycles. The van der Waals surface area contributed by atoms with E-state index in [1.165, 1.54) is 18.3 Å². The van der Waals surface area contributed by atoms with Crippen LogP contribution in [-0.2, 0) is 0 Å². The summed E-state index contributed by atoms with van der Waals surface area (Å²) < 4.78 is 18.4. The first-order valence-electron chi connectivity index (χ1n) is 6.06. The minimum Gasteiger partial charge on any atom is -0.497 e. The zero-order chi connectivity index (χ0) is 14.4. The molecule has 0 fully saturated rings. The van der Waals surface area contributed by atoms with Gasteiger partial charge in [-0.1, -0.05) is 24.3 Å². The molecular formula is C16H14FNO2. The van der Waals surface area contributed by atoms with Crippen LogP contribution < -0.4 is 10.1 Å². The smallest absolute Gasteiger partial charge is 0.187 e. The number of anilines is 1. The molecule has 0 spiro atoms. The van der Waals surface area contributed by atoms with Crippen molar-refractivity contribution in [2.24, 2.45) is 0 Å². The number of hydrogen-bond acceptors (Lipinski definition) is 3. The number of hydrogen-bond donors (Lipinski definition) is 1. The third-order valence-electron chi connectivity index (χ3n) is 2.70. The first-order valence-corrected chi connectivity index (χ1v) is 6.06. The number of para-hydroxylation sites is 1. The van der Waals surface area contributed by atoms with Gasteiger partial charge in [0.1, 0.15) is 11.6 Å². The first-order chi connectivity index (χ1) is 9.70. The van der Waals surface area contributed by atoms with E-state index in [1.54, 1.807) is 49.6 Å². The number of halogens is 1. The van der Waals surface area contributed by atoms with Crippen LogP contribution in [0.5, 0.6) is 5.75 Å². The van der Waals surface area contributed by atoms with Gasteiger partial charge in [0.15, 0.2) is 5.78 Å². The van der Waals surface area contributed by atoms with E-state index in [4.69, 9.17) is 4.74 Å². The molecule has 2 aromatic carbocycles. The van der Waals surface area contributed by atoms with Crippen molar-refractivity contribution in [3.05, 3.63) is 72.2 Å². The van der Waals surface area contributed by atoms with Gasteiger partial charge in [-0.3, -0.25) is 4.79 Å². The van der Waals surface area contributed by atoms with Crippen molar-refractivity contribution in [1.82, 2.24) is 0 Å². The molecule has 0 radical (unpaired) electrons. The van der Waals surface area contributed by atoms with Gasteiger partial charge < -0.3 is 10.1 Å². The maximum atomic E-state index is 13.3. The van der Waals surface area contributed by atoms with E-state index >= 15 is 0 Å². The topological polar surface area (TPSA) is 38.3 Å². The highest BCUT2D eigenvalue weighted by Crippen LogP contribution is 2.14. The molecule has 0 amide bonds. The highest BCUT2D eigenvalue weighted by atomic mass is 19.1. The van der Waals surface area contributed by atoms with Crippen LogP contribution >= 0.6 is 0 Å². The van der Waals surface area contributed by atoms with Crippen molar-refractivity contribution < 1.29 is 13.9 Å². The molecule has 0 heterocycles. The van der Waals surface area contributed by atoms with E-state index in [0.29, 0.717) is 17.0 Å². The van der Waals surface area contributed by atoms with Gasteiger partial charge in [0.25, 0.3) is 0 Å². The summed E-state index contributed by atoms with van der Waals surface area (Å²) in [5.74, 6) is 0.0602. The fraction of sp³-hybridized carbons (Fsp3) is 0.0625. The summed E-state index contributed by atoms with van der Waals surface area (Å²) in [6.45, 7) is 0. The predicted octanol–water partition coefficient (Wildman–Crippen LogP) is 3.64. The molecule has 1 N–H and O–H groups in total. The lowest BCUT2D eigenvalue weighted by molar-refractivity contribution is 0.104. The number of rotatable bonds is 5. The fourth-order valence-electron chi connectivity index (χ4n) is 1.66. The van der Waals surface area contributed by atoms with Crippen molar-refractivity contribution in [2.75, 3.05) is 12.4 Å². The molecule has 0 unspecified atom stereocenters. The molecule has 0 atom stereocenters. The highest BCUT2D eigenvalue weighted by molar-refractivity contribution is 6.04. The lowest BCUT2D eigenvalue weighted by atomic mass is 10.1. The van der Waals surface area contributed by atoms with E-state index in [0.717, 1.165) is 0 Å². The van der Waals surface area contributed by atoms with E-state index in [9.17, 15) is 9.18 Å². The largest absolute Gasteiger partial charge is 0.497 e. The zero-order valence-corrected chi connectivity index (χ0v) is 11.0. The summed E-state index contributed by atoms with van der Waals surface area (Å²) in [6.07, 6.45) is 2.77. The predicted molar refractivity (Wildman–Crippen MR) is 76.5 cm³/mol. The second kappa shape index (κ2) is 6.52. The molecule has 2 aromatic rings. The molecule has 3 nitrogen and oxygen atoms in total. The summed E-state index contributed by atoms with van der Waals surface area (Å²) in [7, 11) is 1.54. The Balaban J connectivity index is 2.04. The van der Waals surface area contributed by atoms with E-state index in [1.807, 2.05) is 0 Å². The Labute approximate surface area is 116 Å². The molecule has 2 rings (SSSR count). The van der Waals surface area contributed by atoms with Gasteiger partial charge in [-0.2, -0.15) is 0 Å². The second-order valence-electron chi connectivity index (χ2n) is 4.05. The van der Waals surface area contributed by atoms with Crippen LogP contribution in [0, 0.1) is 5.82 Å². The number of methoxy groups -OCH3 is 1. The van der Waals surface area contributed by atoms with Crippen molar-refractivity contribution >= 4 is 11.5 Å². The van der Waals surface area contributed by atoms with Crippen LogP contribution in [0.3, 0.4) is 0 Å². The number of carbonyl (C=O) groups is 1. The average molecular weight is 271 g/mol. The Hall–Kier alpha value is -2.62. The zero-order valence-electron chi connectivity index (χ0n) is 11.0. The van der Waals surface area contributed by atoms with Crippen LogP contribution in [0.4, 0.5) is 10.1 Å². The molecular weight excluding hydrogens is 257 g/mol. The standard InChI is InChI=1S/C16H14FNO2/c1-20-13-6-4-5-12(11-13)16(19)9-10-18-15-8-3-2-7-14(15)17/h2-11,18H,1H3/b10-9+. The van der Waals surface area contributed by atoms with Gasteiger partial charge in [0, 0.05) is 17.8 Å². The number of carbonyl (C=O) groups excluding carboxylic acids is 1. The Kier molecular flexibility index (Phi) is 4.50. The molecule has 4 heteroatoms. The summed E-state index contributed by atoms with van der Waals surface area (Å²) in [5, 5.41) is 2.73. The SMILES string of the molecule is COc1cccc(C(=O)/C=C/Nc2ccccc2F)c1. The van der Waals surface area contributed by atoms with Gasteiger partial charge >= 0.3 is 0 Å². The number of nitrogens with one attached hydrogen (secondary N) is 1. The Bertz CT molecular complexity index is 638. The normalized spacial score (nSPS) is 10.5. The van der Waals surface area contributed by atoms with Crippen LogP contribution in [0.2, 0.25) is 0 Å². The van der Waals surface area contributed by atoms with Crippen LogP contribution in [0.1, 0.15) is 10.4 Å². The van der Waals surface area contributed by atoms with Gasteiger partial charge in [0.05, 0.1) is 12.8 Å². The monoisotopic (exact) mass is 271 g/mol. The Morgan fingerprint density at radius 2 is 2.00 bits per heavy atom. The summed E-state index contributed by atoms with van der Waals surface area (Å²) >= 11 is 0. The third kappa shape index (κ3) is 3.45. The minimum atomic E-state index is -0.369. The summed E-state index contributed by atoms with van der Waals surface area (Å²) in [4.78, 5) is 11.9. The molecule has 0 aliphatic heterocycles. The van der Waals surface area contributed by atoms with E-state index in [-0.39, 0.29) is 11.6 Å². The Morgan fingerprint density at radius 1 is 1.20 bits per heavy atom. The van der Waals surface area contributed by atoms with Gasteiger partial charge in [0.2, 0.25) is 0 Å². The number of ether oxygens (including phenoxy) is 1. The van der Waals surface area contributed by atoms with Gasteiger partial charge in [-0.15, -0.1) is 0 Å². The molecule has 0 saturated heterocycles. The number of benzene rings is 2. The lowest BCUT2D eigenvalue weighted by Crippen LogP contribution is -1.97. The lowest BCUT2D eigenvalue weighted by Gasteiger charge is -2.02. The van der Waals surface area contributed by atoms with Crippen LogP contribution in [0.25, 0.3) is 0 Å². The van der Waals surface area contributed by atoms with E-state index < -0.39 is 0 Å². The third-order valence-corrected chi connectivity index (χ3v) is 2.70. The summed E-state index contributed by atoms with van der Waals surface area (Å²) in [5.41, 5.74) is 0.832. The molecule has 0 aromatic heterocycles. The fourth-order valence-corrected chi connectivity index (χ4v) is 1.66. The van der Waals surface area contributed by atoms with Crippen LogP contribution in [0.15, 0.2) is 60.8 Å². The number of allylic oxidation sites excluding steroid dienone is 1.